The summed E-state index contributed by atoms with van der Waals surface area (Å²) in [4.78, 5) is 13.7. The summed E-state index contributed by atoms with van der Waals surface area (Å²) in [6.45, 7) is 2.92. The van der Waals surface area contributed by atoms with Crippen LogP contribution in [-0.2, 0) is 0 Å². The zero-order valence-electron chi connectivity index (χ0n) is 9.07. The first-order valence-corrected chi connectivity index (χ1v) is 6.10. The van der Waals surface area contributed by atoms with Gasteiger partial charge < -0.3 is 14.4 Å². The molecule has 1 unspecified atom stereocenters. The molecule has 0 spiro atoms. The van der Waals surface area contributed by atoms with Crippen LogP contribution in [0, 0.1) is 6.92 Å². The Kier molecular flexibility index (Phi) is 3.35. The molecule has 0 saturated carbocycles. The zero-order valence-corrected chi connectivity index (χ0v) is 10.7. The monoisotopic (exact) mass is 287 g/mol. The van der Waals surface area contributed by atoms with E-state index >= 15 is 0 Å². The van der Waals surface area contributed by atoms with Crippen molar-refractivity contribution in [2.75, 3.05) is 13.1 Å². The van der Waals surface area contributed by atoms with Crippen LogP contribution < -0.4 is 0 Å². The predicted molar refractivity (Wildman–Crippen MR) is 62.3 cm³/mol. The van der Waals surface area contributed by atoms with Crippen molar-refractivity contribution >= 4 is 21.8 Å². The minimum absolute atomic E-state index is 0.137. The van der Waals surface area contributed by atoms with Crippen LogP contribution in [0.4, 0.5) is 0 Å². The lowest BCUT2D eigenvalue weighted by Gasteiger charge is -2.29. The van der Waals surface area contributed by atoms with E-state index in [1.165, 1.54) is 0 Å². The molecule has 88 valence electrons. The number of piperidine rings is 1. The first-order chi connectivity index (χ1) is 7.58. The van der Waals surface area contributed by atoms with Gasteiger partial charge in [0.15, 0.2) is 10.4 Å². The number of hydrogen-bond donors (Lipinski definition) is 1. The van der Waals surface area contributed by atoms with Crippen molar-refractivity contribution in [3.05, 3.63) is 22.1 Å². The van der Waals surface area contributed by atoms with Crippen molar-refractivity contribution in [3.63, 3.8) is 0 Å². The number of aryl methyl sites for hydroxylation is 1. The molecule has 5 heteroatoms. The van der Waals surface area contributed by atoms with Crippen LogP contribution in [0.3, 0.4) is 0 Å². The average molecular weight is 288 g/mol. The number of aliphatic hydroxyl groups is 1. The van der Waals surface area contributed by atoms with Crippen molar-refractivity contribution in [2.45, 2.75) is 25.9 Å². The molecule has 0 bridgehead atoms. The largest absolute Gasteiger partial charge is 0.444 e. The van der Waals surface area contributed by atoms with Crippen molar-refractivity contribution in [2.24, 2.45) is 0 Å². The number of likely N-dealkylation sites (tertiary alicyclic amines) is 1. The SMILES string of the molecule is Cc1cc(Br)oc1C(=O)N1CCCC(O)C1. The molecule has 2 heterocycles. The van der Waals surface area contributed by atoms with E-state index in [0.29, 0.717) is 23.5 Å². The van der Waals surface area contributed by atoms with Gasteiger partial charge in [0.05, 0.1) is 6.10 Å². The van der Waals surface area contributed by atoms with Gasteiger partial charge in [0.25, 0.3) is 5.91 Å². The fourth-order valence-electron chi connectivity index (χ4n) is 1.94. The number of rotatable bonds is 1. The van der Waals surface area contributed by atoms with Crippen LogP contribution >= 0.6 is 15.9 Å². The highest BCUT2D eigenvalue weighted by molar-refractivity contribution is 9.10. The van der Waals surface area contributed by atoms with Gasteiger partial charge in [0.2, 0.25) is 0 Å². The lowest BCUT2D eigenvalue weighted by molar-refractivity contribution is 0.0446. The maximum absolute atomic E-state index is 12.1. The lowest BCUT2D eigenvalue weighted by Crippen LogP contribution is -2.42. The third kappa shape index (κ3) is 2.30. The number of amides is 1. The molecule has 1 amide bonds. The van der Waals surface area contributed by atoms with Gasteiger partial charge >= 0.3 is 0 Å². The van der Waals surface area contributed by atoms with E-state index in [2.05, 4.69) is 15.9 Å². The van der Waals surface area contributed by atoms with Gasteiger partial charge in [-0.25, -0.2) is 0 Å². The standard InChI is InChI=1S/C11H14BrNO3/c1-7-5-9(12)16-10(7)11(15)13-4-2-3-8(14)6-13/h5,8,14H,2-4,6H2,1H3. The smallest absolute Gasteiger partial charge is 0.289 e. The Labute approximate surface area is 102 Å². The number of carbonyl (C=O) groups is 1. The summed E-state index contributed by atoms with van der Waals surface area (Å²) in [5, 5.41) is 9.52. The van der Waals surface area contributed by atoms with Gasteiger partial charge in [-0.15, -0.1) is 0 Å². The molecular weight excluding hydrogens is 274 g/mol. The fourth-order valence-corrected chi connectivity index (χ4v) is 2.44. The quantitative estimate of drug-likeness (QED) is 0.859. The summed E-state index contributed by atoms with van der Waals surface area (Å²) >= 11 is 3.20. The highest BCUT2D eigenvalue weighted by Crippen LogP contribution is 2.22. The van der Waals surface area contributed by atoms with Crippen LogP contribution in [0.5, 0.6) is 0 Å². The maximum Gasteiger partial charge on any atom is 0.289 e. The molecule has 1 aliphatic rings. The summed E-state index contributed by atoms with van der Waals surface area (Å²) < 4.78 is 5.87. The number of hydrogen-bond acceptors (Lipinski definition) is 3. The number of furan rings is 1. The number of halogens is 1. The Hall–Kier alpha value is -0.810. The highest BCUT2D eigenvalue weighted by Gasteiger charge is 2.26. The first-order valence-electron chi connectivity index (χ1n) is 5.31. The van der Waals surface area contributed by atoms with E-state index in [1.54, 1.807) is 11.0 Å². The molecule has 1 fully saturated rings. The number of nitrogens with zero attached hydrogens (tertiary/aromatic N) is 1. The van der Waals surface area contributed by atoms with Gasteiger partial charge in [-0.1, -0.05) is 0 Å². The molecule has 1 atom stereocenters. The van der Waals surface area contributed by atoms with E-state index in [-0.39, 0.29) is 5.91 Å². The van der Waals surface area contributed by atoms with Crippen LogP contribution in [0.2, 0.25) is 0 Å². The van der Waals surface area contributed by atoms with Gasteiger partial charge in [0.1, 0.15) is 0 Å². The first kappa shape index (κ1) is 11.7. The van der Waals surface area contributed by atoms with Gasteiger partial charge in [-0.05, 0) is 41.8 Å². The Balaban J connectivity index is 2.15. The summed E-state index contributed by atoms with van der Waals surface area (Å²) in [6, 6.07) is 1.77. The molecule has 1 aromatic rings. The molecule has 4 nitrogen and oxygen atoms in total. The Bertz CT molecular complexity index is 402. The minimum atomic E-state index is -0.406. The second-order valence-electron chi connectivity index (χ2n) is 4.11. The summed E-state index contributed by atoms with van der Waals surface area (Å²) in [5.41, 5.74) is 0.817. The summed E-state index contributed by atoms with van der Waals surface area (Å²) in [7, 11) is 0. The number of carbonyl (C=O) groups excluding carboxylic acids is 1. The van der Waals surface area contributed by atoms with Gasteiger partial charge in [-0.2, -0.15) is 0 Å². The van der Waals surface area contributed by atoms with E-state index in [0.717, 1.165) is 18.4 Å². The lowest BCUT2D eigenvalue weighted by atomic mass is 10.1. The fraction of sp³-hybridized carbons (Fsp3) is 0.545. The normalized spacial score (nSPS) is 21.2. The molecule has 1 saturated heterocycles. The second kappa shape index (κ2) is 4.59. The van der Waals surface area contributed by atoms with Crippen LogP contribution in [0.25, 0.3) is 0 Å². The topological polar surface area (TPSA) is 53.7 Å². The number of aliphatic hydroxyl groups excluding tert-OH is 1. The Morgan fingerprint density at radius 2 is 2.44 bits per heavy atom. The van der Waals surface area contributed by atoms with Crippen LogP contribution in [-0.4, -0.2) is 35.1 Å². The molecule has 0 radical (unpaired) electrons. The Morgan fingerprint density at radius 1 is 1.69 bits per heavy atom. The molecular formula is C11H14BrNO3. The van der Waals surface area contributed by atoms with Crippen molar-refractivity contribution < 1.29 is 14.3 Å². The van der Waals surface area contributed by atoms with E-state index in [9.17, 15) is 9.90 Å². The molecule has 16 heavy (non-hydrogen) atoms. The van der Waals surface area contributed by atoms with E-state index in [4.69, 9.17) is 4.42 Å². The molecule has 0 aromatic carbocycles. The second-order valence-corrected chi connectivity index (χ2v) is 4.89. The van der Waals surface area contributed by atoms with Crippen molar-refractivity contribution in [1.29, 1.82) is 0 Å². The molecule has 1 aliphatic heterocycles. The number of β-amino-alcohol motifs (C(OH)–C–C–N with tert-alkyl or cyclic N) is 1. The highest BCUT2D eigenvalue weighted by atomic mass is 79.9. The molecule has 2 rings (SSSR count). The van der Waals surface area contributed by atoms with E-state index in [1.807, 2.05) is 6.92 Å². The van der Waals surface area contributed by atoms with Crippen LogP contribution in [0.15, 0.2) is 15.2 Å². The van der Waals surface area contributed by atoms with Crippen molar-refractivity contribution in [1.82, 2.24) is 4.90 Å². The molecule has 1 aromatic heterocycles. The third-order valence-corrected chi connectivity index (χ3v) is 3.16. The Morgan fingerprint density at radius 3 is 3.00 bits per heavy atom. The van der Waals surface area contributed by atoms with E-state index < -0.39 is 6.10 Å². The van der Waals surface area contributed by atoms with Crippen molar-refractivity contribution in [3.8, 4) is 0 Å². The maximum atomic E-state index is 12.1. The van der Waals surface area contributed by atoms with Gasteiger partial charge in [0, 0.05) is 18.7 Å². The van der Waals surface area contributed by atoms with Crippen LogP contribution in [0.1, 0.15) is 29.0 Å². The summed E-state index contributed by atoms with van der Waals surface area (Å²) in [6.07, 6.45) is 1.20. The molecule has 0 aliphatic carbocycles. The van der Waals surface area contributed by atoms with Gasteiger partial charge in [-0.3, -0.25) is 4.79 Å². The molecule has 1 N–H and O–H groups in total. The average Bonchev–Trinajstić information content (AvgIpc) is 2.57. The summed E-state index contributed by atoms with van der Waals surface area (Å²) in [5.74, 6) is 0.225. The zero-order chi connectivity index (χ0) is 11.7. The predicted octanol–water partition coefficient (Wildman–Crippen LogP) is 1.95. The third-order valence-electron chi connectivity index (χ3n) is 2.77. The minimum Gasteiger partial charge on any atom is -0.444 e.